The van der Waals surface area contributed by atoms with Crippen molar-refractivity contribution in [2.75, 3.05) is 6.54 Å². The molecule has 112 valence electrons. The number of carbonyl (C=O) groups is 1. The summed E-state index contributed by atoms with van der Waals surface area (Å²) in [5.41, 5.74) is -0.945. The molecule has 5 heteroatoms. The number of ether oxygens (including phenoxy) is 1. The van der Waals surface area contributed by atoms with E-state index >= 15 is 0 Å². The molecule has 0 aliphatic heterocycles. The van der Waals surface area contributed by atoms with Crippen molar-refractivity contribution in [3.63, 3.8) is 0 Å². The highest BCUT2D eigenvalue weighted by Gasteiger charge is 2.26. The molecule has 1 aromatic rings. The molecule has 2 unspecified atom stereocenters. The predicted molar refractivity (Wildman–Crippen MR) is 80.0 cm³/mol. The molecule has 1 aromatic carbocycles. The van der Waals surface area contributed by atoms with E-state index in [1.54, 1.807) is 38.1 Å². The Hall–Kier alpha value is -1.26. The molecule has 2 N–H and O–H groups in total. The van der Waals surface area contributed by atoms with Crippen molar-refractivity contribution in [2.45, 2.75) is 39.4 Å². The first-order valence-electron chi connectivity index (χ1n) is 6.65. The van der Waals surface area contributed by atoms with Gasteiger partial charge >= 0.3 is 0 Å². The van der Waals surface area contributed by atoms with Crippen LogP contribution in [0.1, 0.15) is 27.7 Å². The van der Waals surface area contributed by atoms with Crippen molar-refractivity contribution in [3.05, 3.63) is 29.3 Å². The van der Waals surface area contributed by atoms with Gasteiger partial charge in [-0.3, -0.25) is 4.79 Å². The minimum Gasteiger partial charge on any atom is -0.479 e. The Balaban J connectivity index is 2.54. The fourth-order valence-electron chi connectivity index (χ4n) is 1.40. The normalized spacial score (nSPS) is 15.6. The number of hydrogen-bond donors (Lipinski definition) is 2. The fourth-order valence-corrected chi connectivity index (χ4v) is 1.58. The van der Waals surface area contributed by atoms with E-state index in [4.69, 9.17) is 16.3 Å². The van der Waals surface area contributed by atoms with Gasteiger partial charge in [0.25, 0.3) is 5.91 Å². The highest BCUT2D eigenvalue weighted by Crippen LogP contribution is 2.24. The molecule has 0 saturated carbocycles. The quantitative estimate of drug-likeness (QED) is 0.849. The summed E-state index contributed by atoms with van der Waals surface area (Å²) in [5, 5.41) is 13.2. The summed E-state index contributed by atoms with van der Waals surface area (Å²) in [4.78, 5) is 11.9. The van der Waals surface area contributed by atoms with Gasteiger partial charge in [0, 0.05) is 6.54 Å². The number of hydrogen-bond acceptors (Lipinski definition) is 3. The molecule has 0 aromatic heterocycles. The van der Waals surface area contributed by atoms with Crippen LogP contribution in [-0.4, -0.2) is 29.3 Å². The smallest absolute Gasteiger partial charge is 0.260 e. The molecule has 1 rings (SSSR count). The van der Waals surface area contributed by atoms with Crippen LogP contribution in [0.3, 0.4) is 0 Å². The maximum absolute atomic E-state index is 11.9. The molecule has 0 spiro atoms. The molecule has 0 fully saturated rings. The first-order valence-corrected chi connectivity index (χ1v) is 7.03. The average molecular weight is 300 g/mol. The van der Waals surface area contributed by atoms with Gasteiger partial charge in [-0.2, -0.15) is 0 Å². The molecule has 0 aliphatic rings. The lowest BCUT2D eigenvalue weighted by molar-refractivity contribution is -0.128. The van der Waals surface area contributed by atoms with Crippen LogP contribution in [0.4, 0.5) is 0 Å². The summed E-state index contributed by atoms with van der Waals surface area (Å²) in [7, 11) is 0. The summed E-state index contributed by atoms with van der Waals surface area (Å²) >= 11 is 5.97. The zero-order chi connectivity index (χ0) is 15.3. The second-order valence-corrected chi connectivity index (χ2v) is 5.83. The van der Waals surface area contributed by atoms with Gasteiger partial charge in [0.1, 0.15) is 5.75 Å². The van der Waals surface area contributed by atoms with Crippen molar-refractivity contribution in [3.8, 4) is 5.75 Å². The maximum Gasteiger partial charge on any atom is 0.260 e. The minimum absolute atomic E-state index is 0.0441. The Kier molecular flexibility index (Phi) is 5.84. The Bertz CT molecular complexity index is 460. The largest absolute Gasteiger partial charge is 0.479 e. The Morgan fingerprint density at radius 1 is 1.40 bits per heavy atom. The van der Waals surface area contributed by atoms with E-state index in [1.807, 2.05) is 13.8 Å². The van der Waals surface area contributed by atoms with Crippen LogP contribution in [0.25, 0.3) is 0 Å². The van der Waals surface area contributed by atoms with E-state index in [9.17, 15) is 9.90 Å². The van der Waals surface area contributed by atoms with Crippen LogP contribution in [0.2, 0.25) is 5.02 Å². The molecule has 0 aliphatic carbocycles. The number of rotatable bonds is 6. The number of aliphatic hydroxyl groups is 1. The molecule has 2 atom stereocenters. The molecule has 0 radical (unpaired) electrons. The number of benzene rings is 1. The van der Waals surface area contributed by atoms with Gasteiger partial charge in [0.2, 0.25) is 0 Å². The fraction of sp³-hybridized carbons (Fsp3) is 0.533. The highest BCUT2D eigenvalue weighted by molar-refractivity contribution is 6.32. The third kappa shape index (κ3) is 4.69. The third-order valence-electron chi connectivity index (χ3n) is 3.37. The van der Waals surface area contributed by atoms with E-state index in [0.717, 1.165) is 0 Å². The number of nitrogens with one attached hydrogen (secondary N) is 1. The van der Waals surface area contributed by atoms with Crippen molar-refractivity contribution in [1.29, 1.82) is 0 Å². The Morgan fingerprint density at radius 2 is 2.00 bits per heavy atom. The molecular formula is C15H22ClNO3. The van der Waals surface area contributed by atoms with Gasteiger partial charge in [-0.25, -0.2) is 0 Å². The van der Waals surface area contributed by atoms with Gasteiger partial charge in [0.15, 0.2) is 6.10 Å². The molecule has 1 amide bonds. The summed E-state index contributed by atoms with van der Waals surface area (Å²) in [6.45, 7) is 7.31. The molecule has 0 saturated heterocycles. The van der Waals surface area contributed by atoms with E-state index in [-0.39, 0.29) is 18.4 Å². The molecule has 0 heterocycles. The lowest BCUT2D eigenvalue weighted by Crippen LogP contribution is -2.47. The van der Waals surface area contributed by atoms with Crippen LogP contribution in [0.5, 0.6) is 5.75 Å². The maximum atomic E-state index is 11.9. The predicted octanol–water partition coefficient (Wildman–Crippen LogP) is 2.63. The van der Waals surface area contributed by atoms with Crippen molar-refractivity contribution >= 4 is 17.5 Å². The van der Waals surface area contributed by atoms with Gasteiger partial charge in [-0.1, -0.05) is 37.6 Å². The first kappa shape index (κ1) is 16.8. The minimum atomic E-state index is -0.945. The summed E-state index contributed by atoms with van der Waals surface area (Å²) in [6.07, 6.45) is -0.683. The van der Waals surface area contributed by atoms with Crippen LogP contribution >= 0.6 is 11.6 Å². The lowest BCUT2D eigenvalue weighted by Gasteiger charge is -2.28. The Labute approximate surface area is 125 Å². The van der Waals surface area contributed by atoms with Crippen molar-refractivity contribution in [2.24, 2.45) is 5.92 Å². The van der Waals surface area contributed by atoms with E-state index in [0.29, 0.717) is 10.8 Å². The number of carbonyl (C=O) groups excluding carboxylic acids is 1. The number of halogens is 1. The Morgan fingerprint density at radius 3 is 2.55 bits per heavy atom. The van der Waals surface area contributed by atoms with Crippen LogP contribution in [0, 0.1) is 5.92 Å². The summed E-state index contributed by atoms with van der Waals surface area (Å²) < 4.78 is 5.51. The van der Waals surface area contributed by atoms with Gasteiger partial charge in [-0.05, 0) is 31.9 Å². The van der Waals surface area contributed by atoms with Crippen LogP contribution in [0.15, 0.2) is 24.3 Å². The molecule has 20 heavy (non-hydrogen) atoms. The lowest BCUT2D eigenvalue weighted by atomic mass is 9.92. The summed E-state index contributed by atoms with van der Waals surface area (Å²) in [6, 6.07) is 6.98. The SMILES string of the molecule is CC(Oc1ccccc1Cl)C(=O)NCC(C)(O)C(C)C. The molecule has 4 nitrogen and oxygen atoms in total. The van der Waals surface area contributed by atoms with Crippen molar-refractivity contribution < 1.29 is 14.6 Å². The topological polar surface area (TPSA) is 58.6 Å². The van der Waals surface area contributed by atoms with Gasteiger partial charge < -0.3 is 15.2 Å². The zero-order valence-corrected chi connectivity index (χ0v) is 13.1. The van der Waals surface area contributed by atoms with Gasteiger partial charge in [0.05, 0.1) is 10.6 Å². The van der Waals surface area contributed by atoms with Crippen LogP contribution in [-0.2, 0) is 4.79 Å². The molecule has 0 bridgehead atoms. The van der Waals surface area contributed by atoms with Gasteiger partial charge in [-0.15, -0.1) is 0 Å². The second kappa shape index (κ2) is 6.95. The van der Waals surface area contributed by atoms with E-state index in [2.05, 4.69) is 5.32 Å². The average Bonchev–Trinajstić information content (AvgIpc) is 2.38. The molecular weight excluding hydrogens is 278 g/mol. The number of para-hydroxylation sites is 1. The van der Waals surface area contributed by atoms with E-state index < -0.39 is 11.7 Å². The number of amides is 1. The zero-order valence-electron chi connectivity index (χ0n) is 12.3. The van der Waals surface area contributed by atoms with Crippen molar-refractivity contribution in [1.82, 2.24) is 5.32 Å². The van der Waals surface area contributed by atoms with E-state index in [1.165, 1.54) is 0 Å². The first-order chi connectivity index (χ1) is 9.24. The van der Waals surface area contributed by atoms with Crippen LogP contribution < -0.4 is 10.1 Å². The second-order valence-electron chi connectivity index (χ2n) is 5.42. The summed E-state index contributed by atoms with van der Waals surface area (Å²) in [5.74, 6) is 0.223. The monoisotopic (exact) mass is 299 g/mol. The highest BCUT2D eigenvalue weighted by atomic mass is 35.5. The standard InChI is InChI=1S/C15H22ClNO3/c1-10(2)15(4,19)9-17-14(18)11(3)20-13-8-6-5-7-12(13)16/h5-8,10-11,19H,9H2,1-4H3,(H,17,18). The third-order valence-corrected chi connectivity index (χ3v) is 3.69.